The molecule has 3 aromatic rings. The molecule has 0 saturated carbocycles. The Balaban J connectivity index is 1.73. The zero-order valence-corrected chi connectivity index (χ0v) is 17.6. The van der Waals surface area contributed by atoms with Crippen LogP contribution in [0.3, 0.4) is 0 Å². The number of benzene rings is 3. The molecule has 5 nitrogen and oxygen atoms in total. The van der Waals surface area contributed by atoms with Crippen molar-refractivity contribution in [3.63, 3.8) is 0 Å². The first-order valence-electron chi connectivity index (χ1n) is 9.85. The molecule has 1 N–H and O–H groups in total. The molecule has 30 heavy (non-hydrogen) atoms. The fraction of sp³-hybridized carbons (Fsp3) is 0.208. The van der Waals surface area contributed by atoms with E-state index in [1.165, 1.54) is 0 Å². The van der Waals surface area contributed by atoms with E-state index in [-0.39, 0.29) is 16.6 Å². The predicted octanol–water partition coefficient (Wildman–Crippen LogP) is 5.02. The Kier molecular flexibility index (Phi) is 7.25. The van der Waals surface area contributed by atoms with Crippen molar-refractivity contribution in [2.45, 2.75) is 30.6 Å². The van der Waals surface area contributed by atoms with Crippen molar-refractivity contribution < 1.29 is 17.9 Å². The van der Waals surface area contributed by atoms with Gasteiger partial charge in [0.15, 0.2) is 0 Å². The maximum atomic E-state index is 12.5. The van der Waals surface area contributed by atoms with Gasteiger partial charge in [0.05, 0.1) is 11.5 Å². The third-order valence-corrected chi connectivity index (χ3v) is 6.15. The average Bonchev–Trinajstić information content (AvgIpc) is 2.78. The average molecular weight is 424 g/mol. The molecule has 0 radical (unpaired) electrons. The standard InChI is InChI=1S/C24H25NO4S/c1-2-22(26)17-20(18-29-23-9-5-3-6-10-23)19-13-15-21(16-14-19)25-30(27,28)24-11-7-4-8-12-24/h3-16,20,25H,2,17-18H2,1H3. The summed E-state index contributed by atoms with van der Waals surface area (Å²) in [5, 5.41) is 0. The van der Waals surface area contributed by atoms with Crippen molar-refractivity contribution in [2.24, 2.45) is 0 Å². The van der Waals surface area contributed by atoms with Crippen LogP contribution in [0.4, 0.5) is 5.69 Å². The number of anilines is 1. The van der Waals surface area contributed by atoms with E-state index in [1.807, 2.05) is 49.4 Å². The summed E-state index contributed by atoms with van der Waals surface area (Å²) in [6.45, 7) is 2.21. The van der Waals surface area contributed by atoms with Crippen molar-refractivity contribution in [1.82, 2.24) is 0 Å². The van der Waals surface area contributed by atoms with Crippen LogP contribution in [-0.2, 0) is 14.8 Å². The van der Waals surface area contributed by atoms with E-state index in [9.17, 15) is 13.2 Å². The van der Waals surface area contributed by atoms with Gasteiger partial charge in [-0.25, -0.2) is 8.42 Å². The third kappa shape index (κ3) is 5.94. The molecule has 0 fully saturated rings. The highest BCUT2D eigenvalue weighted by Crippen LogP contribution is 2.25. The Bertz CT molecular complexity index is 1050. The SMILES string of the molecule is CCC(=O)CC(COc1ccccc1)c1ccc(NS(=O)(=O)c2ccccc2)cc1. The second-order valence-corrected chi connectivity index (χ2v) is 8.64. The monoisotopic (exact) mass is 423 g/mol. The molecule has 1 atom stereocenters. The highest BCUT2D eigenvalue weighted by atomic mass is 32.2. The minimum atomic E-state index is -3.64. The van der Waals surface area contributed by atoms with Crippen LogP contribution in [0.25, 0.3) is 0 Å². The maximum absolute atomic E-state index is 12.5. The van der Waals surface area contributed by atoms with Crippen LogP contribution in [0.5, 0.6) is 5.75 Å². The summed E-state index contributed by atoms with van der Waals surface area (Å²) in [7, 11) is -3.64. The second kappa shape index (κ2) is 10.1. The molecule has 156 valence electrons. The molecule has 0 aliphatic heterocycles. The number of carbonyl (C=O) groups is 1. The number of para-hydroxylation sites is 1. The summed E-state index contributed by atoms with van der Waals surface area (Å²) in [5.41, 5.74) is 1.39. The number of rotatable bonds is 10. The summed E-state index contributed by atoms with van der Waals surface area (Å²) >= 11 is 0. The van der Waals surface area contributed by atoms with Crippen LogP contribution >= 0.6 is 0 Å². The molecule has 3 rings (SSSR count). The van der Waals surface area contributed by atoms with Gasteiger partial charge in [-0.2, -0.15) is 0 Å². The largest absolute Gasteiger partial charge is 0.493 e. The lowest BCUT2D eigenvalue weighted by Crippen LogP contribution is -2.15. The molecule has 0 aromatic heterocycles. The number of ketones is 1. The molecule has 6 heteroatoms. The number of Topliss-reactive ketones (excluding diaryl/α,β-unsaturated/α-hetero) is 1. The molecule has 0 spiro atoms. The summed E-state index contributed by atoms with van der Waals surface area (Å²) in [5.74, 6) is 0.793. The number of carbonyl (C=O) groups excluding carboxylic acids is 1. The molecule has 0 bridgehead atoms. The topological polar surface area (TPSA) is 72.5 Å². The maximum Gasteiger partial charge on any atom is 0.261 e. The van der Waals surface area contributed by atoms with Gasteiger partial charge in [0.25, 0.3) is 10.0 Å². The molecule has 0 saturated heterocycles. The molecule has 0 heterocycles. The Labute approximate surface area is 177 Å². The smallest absolute Gasteiger partial charge is 0.261 e. The van der Waals surface area contributed by atoms with Crippen LogP contribution in [-0.4, -0.2) is 20.8 Å². The predicted molar refractivity (Wildman–Crippen MR) is 118 cm³/mol. The lowest BCUT2D eigenvalue weighted by atomic mass is 9.93. The normalized spacial score (nSPS) is 12.2. The van der Waals surface area contributed by atoms with Gasteiger partial charge < -0.3 is 4.74 Å². The van der Waals surface area contributed by atoms with Crippen molar-refractivity contribution in [1.29, 1.82) is 0 Å². The van der Waals surface area contributed by atoms with Gasteiger partial charge in [0, 0.05) is 24.4 Å². The van der Waals surface area contributed by atoms with E-state index in [2.05, 4.69) is 4.72 Å². The molecule has 0 aliphatic carbocycles. The molecular formula is C24H25NO4S. The summed E-state index contributed by atoms with van der Waals surface area (Å²) in [6, 6.07) is 24.8. The van der Waals surface area contributed by atoms with Crippen LogP contribution in [0.1, 0.15) is 31.2 Å². The van der Waals surface area contributed by atoms with Crippen LogP contribution in [0.2, 0.25) is 0 Å². The number of nitrogens with one attached hydrogen (secondary N) is 1. The third-order valence-electron chi connectivity index (χ3n) is 4.75. The van der Waals surface area contributed by atoms with Crippen LogP contribution < -0.4 is 9.46 Å². The lowest BCUT2D eigenvalue weighted by Gasteiger charge is -2.18. The van der Waals surface area contributed by atoms with Gasteiger partial charge in [0.2, 0.25) is 0 Å². The fourth-order valence-electron chi connectivity index (χ4n) is 3.04. The molecule has 0 aliphatic rings. The number of ether oxygens (including phenoxy) is 1. The van der Waals surface area contributed by atoms with Crippen molar-refractivity contribution in [3.05, 3.63) is 90.5 Å². The van der Waals surface area contributed by atoms with Crippen LogP contribution in [0, 0.1) is 0 Å². The first-order chi connectivity index (χ1) is 14.5. The number of hydrogen-bond donors (Lipinski definition) is 1. The Hall–Kier alpha value is -3.12. The van der Waals surface area contributed by atoms with E-state index in [1.54, 1.807) is 42.5 Å². The Morgan fingerprint density at radius 3 is 2.10 bits per heavy atom. The number of hydrogen-bond acceptors (Lipinski definition) is 4. The molecule has 0 amide bonds. The van der Waals surface area contributed by atoms with Gasteiger partial charge in [-0.15, -0.1) is 0 Å². The highest BCUT2D eigenvalue weighted by molar-refractivity contribution is 7.92. The fourth-order valence-corrected chi connectivity index (χ4v) is 4.12. The molecule has 1 unspecified atom stereocenters. The quantitative estimate of drug-likeness (QED) is 0.497. The minimum Gasteiger partial charge on any atom is -0.493 e. The first kappa shape index (κ1) is 21.6. The minimum absolute atomic E-state index is 0.113. The number of sulfonamides is 1. The van der Waals surface area contributed by atoms with E-state index in [0.29, 0.717) is 25.1 Å². The summed E-state index contributed by atoms with van der Waals surface area (Å²) in [6.07, 6.45) is 0.842. The van der Waals surface area contributed by atoms with Gasteiger partial charge >= 0.3 is 0 Å². The van der Waals surface area contributed by atoms with E-state index < -0.39 is 10.0 Å². The Morgan fingerprint density at radius 1 is 0.900 bits per heavy atom. The van der Waals surface area contributed by atoms with Crippen molar-refractivity contribution >= 4 is 21.5 Å². The van der Waals surface area contributed by atoms with Gasteiger partial charge in [-0.3, -0.25) is 9.52 Å². The van der Waals surface area contributed by atoms with Crippen LogP contribution in [0.15, 0.2) is 89.8 Å². The summed E-state index contributed by atoms with van der Waals surface area (Å²) in [4.78, 5) is 12.3. The Morgan fingerprint density at radius 2 is 1.50 bits per heavy atom. The van der Waals surface area contributed by atoms with Gasteiger partial charge in [-0.1, -0.05) is 55.5 Å². The van der Waals surface area contributed by atoms with Crippen molar-refractivity contribution in [3.8, 4) is 5.75 Å². The van der Waals surface area contributed by atoms with E-state index >= 15 is 0 Å². The lowest BCUT2D eigenvalue weighted by molar-refractivity contribution is -0.119. The molecular weight excluding hydrogens is 398 g/mol. The van der Waals surface area contributed by atoms with E-state index in [0.717, 1.165) is 11.3 Å². The van der Waals surface area contributed by atoms with Crippen molar-refractivity contribution in [2.75, 3.05) is 11.3 Å². The zero-order valence-electron chi connectivity index (χ0n) is 16.8. The first-order valence-corrected chi connectivity index (χ1v) is 11.3. The second-order valence-electron chi connectivity index (χ2n) is 6.96. The zero-order chi connectivity index (χ0) is 21.4. The van der Waals surface area contributed by atoms with Gasteiger partial charge in [-0.05, 0) is 42.0 Å². The van der Waals surface area contributed by atoms with Gasteiger partial charge in [0.1, 0.15) is 11.5 Å². The molecule has 3 aromatic carbocycles. The van der Waals surface area contributed by atoms with E-state index in [4.69, 9.17) is 4.74 Å². The highest BCUT2D eigenvalue weighted by Gasteiger charge is 2.18. The summed E-state index contributed by atoms with van der Waals surface area (Å²) < 4.78 is 33.4.